The molecule has 5 rings (SSSR count). The summed E-state index contributed by atoms with van der Waals surface area (Å²) in [5, 5.41) is 3.76. The Kier molecular flexibility index (Phi) is 4.52. The average Bonchev–Trinajstić information content (AvgIpc) is 3.12. The minimum atomic E-state index is 1.06. The lowest BCUT2D eigenvalue weighted by Gasteiger charge is -2.31. The monoisotopic (exact) mass is 391 g/mol. The molecule has 1 saturated heterocycles. The highest BCUT2D eigenvalue weighted by Crippen LogP contribution is 2.37. The number of nitrogens with zero attached hydrogens (tertiary/aromatic N) is 3. The molecule has 0 radical (unpaired) electrons. The Morgan fingerprint density at radius 2 is 1.74 bits per heavy atom. The van der Waals surface area contributed by atoms with Crippen molar-refractivity contribution in [3.8, 4) is 0 Å². The third kappa shape index (κ3) is 3.43. The quantitative estimate of drug-likeness (QED) is 0.468. The van der Waals surface area contributed by atoms with Gasteiger partial charge in [0, 0.05) is 36.0 Å². The molecule has 0 N–H and O–H groups in total. The summed E-state index contributed by atoms with van der Waals surface area (Å²) in [5.74, 6) is 0. The Morgan fingerprint density at radius 1 is 0.926 bits per heavy atom. The highest BCUT2D eigenvalue weighted by atomic mass is 32.2. The first-order valence-corrected chi connectivity index (χ1v) is 10.9. The van der Waals surface area contributed by atoms with Crippen molar-refractivity contribution in [2.45, 2.75) is 9.79 Å². The maximum Gasteiger partial charge on any atom is 0.186 e. The lowest BCUT2D eigenvalue weighted by molar-refractivity contribution is 0.313. The molecule has 0 atom stereocenters. The highest BCUT2D eigenvalue weighted by molar-refractivity contribution is 7.99. The smallest absolute Gasteiger partial charge is 0.186 e. The van der Waals surface area contributed by atoms with Gasteiger partial charge in [0.15, 0.2) is 5.13 Å². The second kappa shape index (κ2) is 7.15. The molecular weight excluding hydrogens is 370 g/mol. The predicted molar refractivity (Wildman–Crippen MR) is 117 cm³/mol. The molecule has 3 nitrogen and oxygen atoms in total. The van der Waals surface area contributed by atoms with Gasteiger partial charge in [0.1, 0.15) is 0 Å². The second-order valence-corrected chi connectivity index (χ2v) is 9.12. The molecule has 0 aliphatic carbocycles. The summed E-state index contributed by atoms with van der Waals surface area (Å²) in [6.45, 7) is 4.35. The van der Waals surface area contributed by atoms with Crippen LogP contribution in [0.25, 0.3) is 21.0 Å². The molecule has 1 aliphatic rings. The number of rotatable bonds is 3. The fourth-order valence-corrected chi connectivity index (χ4v) is 5.64. The molecule has 4 aromatic rings. The van der Waals surface area contributed by atoms with Crippen LogP contribution in [0, 0.1) is 0 Å². The SMILES string of the molecule is CN1CCN(c2nc3ccc(Sc4cccc5ccccc45)cc3s2)CC1. The third-order valence-electron chi connectivity index (χ3n) is 5.10. The molecule has 0 bridgehead atoms. The van der Waals surface area contributed by atoms with Crippen molar-refractivity contribution in [2.75, 3.05) is 38.1 Å². The Morgan fingerprint density at radius 3 is 2.63 bits per heavy atom. The molecule has 0 saturated carbocycles. The summed E-state index contributed by atoms with van der Waals surface area (Å²) in [5.41, 5.74) is 1.11. The third-order valence-corrected chi connectivity index (χ3v) is 7.24. The van der Waals surface area contributed by atoms with E-state index in [4.69, 9.17) is 4.98 Å². The van der Waals surface area contributed by atoms with E-state index in [0.717, 1.165) is 36.8 Å². The first-order chi connectivity index (χ1) is 13.3. The number of benzene rings is 3. The van der Waals surface area contributed by atoms with Gasteiger partial charge in [-0.3, -0.25) is 0 Å². The molecule has 27 heavy (non-hydrogen) atoms. The number of hydrogen-bond acceptors (Lipinski definition) is 5. The number of piperazine rings is 1. The number of likely N-dealkylation sites (N-methyl/N-ethyl adjacent to an activating group) is 1. The van der Waals surface area contributed by atoms with E-state index in [1.807, 2.05) is 23.1 Å². The van der Waals surface area contributed by atoms with Gasteiger partial charge in [-0.05, 0) is 42.1 Å². The van der Waals surface area contributed by atoms with Crippen molar-refractivity contribution in [1.29, 1.82) is 0 Å². The summed E-state index contributed by atoms with van der Waals surface area (Å²) in [6, 6.07) is 21.8. The summed E-state index contributed by atoms with van der Waals surface area (Å²) >= 11 is 3.65. The minimum Gasteiger partial charge on any atom is -0.345 e. The highest BCUT2D eigenvalue weighted by Gasteiger charge is 2.17. The zero-order valence-electron chi connectivity index (χ0n) is 15.3. The van der Waals surface area contributed by atoms with Gasteiger partial charge in [0.05, 0.1) is 10.2 Å². The van der Waals surface area contributed by atoms with Crippen LogP contribution in [0.2, 0.25) is 0 Å². The molecule has 3 aromatic carbocycles. The van der Waals surface area contributed by atoms with Crippen molar-refractivity contribution >= 4 is 49.2 Å². The lowest BCUT2D eigenvalue weighted by atomic mass is 10.1. The van der Waals surface area contributed by atoms with Crippen molar-refractivity contribution < 1.29 is 0 Å². The van der Waals surface area contributed by atoms with E-state index in [0.29, 0.717) is 0 Å². The zero-order chi connectivity index (χ0) is 18.2. The number of thiazole rings is 1. The molecule has 1 aliphatic heterocycles. The van der Waals surface area contributed by atoms with Crippen LogP contribution in [-0.2, 0) is 0 Å². The zero-order valence-corrected chi connectivity index (χ0v) is 16.9. The number of hydrogen-bond donors (Lipinski definition) is 0. The average molecular weight is 392 g/mol. The van der Waals surface area contributed by atoms with Gasteiger partial charge in [-0.1, -0.05) is 59.5 Å². The van der Waals surface area contributed by atoms with E-state index in [1.54, 1.807) is 0 Å². The maximum atomic E-state index is 4.88. The Bertz CT molecular complexity index is 1090. The summed E-state index contributed by atoms with van der Waals surface area (Å²) in [6.07, 6.45) is 0. The summed E-state index contributed by atoms with van der Waals surface area (Å²) in [4.78, 5) is 12.2. The summed E-state index contributed by atoms with van der Waals surface area (Å²) < 4.78 is 1.27. The number of fused-ring (bicyclic) bond motifs is 2. The van der Waals surface area contributed by atoms with Gasteiger partial charge in [-0.15, -0.1) is 0 Å². The topological polar surface area (TPSA) is 19.4 Å². The van der Waals surface area contributed by atoms with Gasteiger partial charge in [0.25, 0.3) is 0 Å². The van der Waals surface area contributed by atoms with Crippen LogP contribution in [-0.4, -0.2) is 43.1 Å². The molecule has 0 spiro atoms. The summed E-state index contributed by atoms with van der Waals surface area (Å²) in [7, 11) is 2.19. The Balaban J connectivity index is 1.44. The van der Waals surface area contributed by atoms with Crippen molar-refractivity contribution in [2.24, 2.45) is 0 Å². The van der Waals surface area contributed by atoms with Crippen LogP contribution in [0.3, 0.4) is 0 Å². The lowest BCUT2D eigenvalue weighted by Crippen LogP contribution is -2.44. The van der Waals surface area contributed by atoms with Crippen LogP contribution >= 0.6 is 23.1 Å². The molecule has 0 unspecified atom stereocenters. The molecule has 1 aromatic heterocycles. The van der Waals surface area contributed by atoms with Crippen LogP contribution in [0.5, 0.6) is 0 Å². The van der Waals surface area contributed by atoms with Crippen molar-refractivity contribution in [1.82, 2.24) is 9.88 Å². The molecule has 5 heteroatoms. The van der Waals surface area contributed by atoms with Gasteiger partial charge in [-0.2, -0.15) is 0 Å². The van der Waals surface area contributed by atoms with E-state index in [2.05, 4.69) is 77.5 Å². The van der Waals surface area contributed by atoms with Gasteiger partial charge in [0.2, 0.25) is 0 Å². The van der Waals surface area contributed by atoms with Crippen molar-refractivity contribution in [3.05, 3.63) is 60.7 Å². The Hall–Kier alpha value is -2.08. The second-order valence-electron chi connectivity index (χ2n) is 7.00. The van der Waals surface area contributed by atoms with Crippen LogP contribution in [0.4, 0.5) is 5.13 Å². The van der Waals surface area contributed by atoms with E-state index in [1.165, 1.54) is 25.3 Å². The van der Waals surface area contributed by atoms with E-state index < -0.39 is 0 Å². The van der Waals surface area contributed by atoms with E-state index >= 15 is 0 Å². The molecular formula is C22H21N3S2. The maximum absolute atomic E-state index is 4.88. The van der Waals surface area contributed by atoms with Crippen LogP contribution in [0.1, 0.15) is 0 Å². The van der Waals surface area contributed by atoms with Crippen LogP contribution < -0.4 is 4.90 Å². The minimum absolute atomic E-state index is 1.06. The standard InChI is InChI=1S/C22H21N3S2/c1-24-11-13-25(14-12-24)22-23-19-10-9-17(15-21(19)27-22)26-20-8-4-6-16-5-2-3-7-18(16)20/h2-10,15H,11-14H2,1H3. The number of aromatic nitrogens is 1. The largest absolute Gasteiger partial charge is 0.345 e. The van der Waals surface area contributed by atoms with Gasteiger partial charge in [-0.25, -0.2) is 4.98 Å². The predicted octanol–water partition coefficient (Wildman–Crippen LogP) is 5.35. The normalized spacial score (nSPS) is 15.7. The van der Waals surface area contributed by atoms with Crippen molar-refractivity contribution in [3.63, 3.8) is 0 Å². The Labute approximate surface area is 167 Å². The number of anilines is 1. The van der Waals surface area contributed by atoms with E-state index in [-0.39, 0.29) is 0 Å². The molecule has 2 heterocycles. The molecule has 1 fully saturated rings. The first kappa shape index (κ1) is 17.0. The molecule has 0 amide bonds. The molecule has 136 valence electrons. The van der Waals surface area contributed by atoms with Crippen LogP contribution in [0.15, 0.2) is 70.5 Å². The van der Waals surface area contributed by atoms with E-state index in [9.17, 15) is 0 Å². The van der Waals surface area contributed by atoms with Gasteiger partial charge < -0.3 is 9.80 Å². The fourth-order valence-electron chi connectivity index (χ4n) is 3.50. The first-order valence-electron chi connectivity index (χ1n) is 9.26. The fraction of sp³-hybridized carbons (Fsp3) is 0.227. The van der Waals surface area contributed by atoms with Gasteiger partial charge >= 0.3 is 0 Å².